The van der Waals surface area contributed by atoms with Gasteiger partial charge in [-0.25, -0.2) is 0 Å². The Labute approximate surface area is 125 Å². The molecule has 2 N–H and O–H groups in total. The number of amides is 2. The highest BCUT2D eigenvalue weighted by molar-refractivity contribution is 5.97. The summed E-state index contributed by atoms with van der Waals surface area (Å²) in [5, 5.41) is 6.04. The Morgan fingerprint density at radius 2 is 1.90 bits per heavy atom. The number of benzene rings is 1. The van der Waals surface area contributed by atoms with E-state index in [9.17, 15) is 9.59 Å². The summed E-state index contributed by atoms with van der Waals surface area (Å²) in [5.41, 5.74) is 1.38. The van der Waals surface area contributed by atoms with Crippen molar-refractivity contribution in [3.05, 3.63) is 29.8 Å². The molecule has 5 nitrogen and oxygen atoms in total. The molecular weight excluding hydrogens is 266 g/mol. The monoisotopic (exact) mass is 289 g/mol. The van der Waals surface area contributed by atoms with E-state index in [0.717, 1.165) is 25.1 Å². The van der Waals surface area contributed by atoms with Crippen molar-refractivity contribution in [2.75, 3.05) is 25.0 Å². The minimum atomic E-state index is -0.0954. The number of carbonyl (C=O) groups excluding carboxylic acids is 2. The van der Waals surface area contributed by atoms with Crippen LogP contribution in [0.4, 0.5) is 5.69 Å². The van der Waals surface area contributed by atoms with Crippen molar-refractivity contribution in [1.82, 2.24) is 10.2 Å². The molecule has 2 amide bonds. The summed E-state index contributed by atoms with van der Waals surface area (Å²) in [5.74, 6) is 0.0191. The van der Waals surface area contributed by atoms with Gasteiger partial charge < -0.3 is 15.5 Å². The first-order chi connectivity index (χ1) is 10.2. The Hall–Kier alpha value is -1.88. The highest BCUT2D eigenvalue weighted by Crippen LogP contribution is 2.13. The zero-order chi connectivity index (χ0) is 15.2. The molecule has 1 aromatic carbocycles. The summed E-state index contributed by atoms with van der Waals surface area (Å²) < 4.78 is 0. The van der Waals surface area contributed by atoms with Gasteiger partial charge in [0.25, 0.3) is 5.91 Å². The van der Waals surface area contributed by atoms with Gasteiger partial charge in [-0.2, -0.15) is 0 Å². The molecule has 0 radical (unpaired) electrons. The Morgan fingerprint density at radius 3 is 2.43 bits per heavy atom. The van der Waals surface area contributed by atoms with Crippen molar-refractivity contribution in [3.8, 4) is 0 Å². The van der Waals surface area contributed by atoms with Gasteiger partial charge in [-0.05, 0) is 57.5 Å². The van der Waals surface area contributed by atoms with Crippen LogP contribution in [-0.2, 0) is 4.79 Å². The Bertz CT molecular complexity index is 489. The first-order valence-electron chi connectivity index (χ1n) is 7.59. The predicted octanol–water partition coefficient (Wildman–Crippen LogP) is 1.86. The fourth-order valence-corrected chi connectivity index (χ4v) is 2.53. The van der Waals surface area contributed by atoms with E-state index < -0.39 is 0 Å². The van der Waals surface area contributed by atoms with Crippen molar-refractivity contribution >= 4 is 17.5 Å². The van der Waals surface area contributed by atoms with E-state index in [-0.39, 0.29) is 17.9 Å². The van der Waals surface area contributed by atoms with Crippen LogP contribution in [0.25, 0.3) is 0 Å². The Balaban J connectivity index is 1.98. The molecule has 1 unspecified atom stereocenters. The number of nitrogens with one attached hydrogen (secondary N) is 2. The van der Waals surface area contributed by atoms with Gasteiger partial charge >= 0.3 is 0 Å². The van der Waals surface area contributed by atoms with Crippen molar-refractivity contribution < 1.29 is 9.59 Å². The molecule has 1 saturated heterocycles. The number of anilines is 1. The molecule has 0 aliphatic carbocycles. The van der Waals surface area contributed by atoms with Gasteiger partial charge in [0, 0.05) is 24.3 Å². The summed E-state index contributed by atoms with van der Waals surface area (Å²) >= 11 is 0. The molecule has 1 aliphatic heterocycles. The lowest BCUT2D eigenvalue weighted by Gasteiger charge is -2.18. The minimum absolute atomic E-state index is 0.00433. The first-order valence-corrected chi connectivity index (χ1v) is 7.59. The van der Waals surface area contributed by atoms with E-state index in [2.05, 4.69) is 10.6 Å². The predicted molar refractivity (Wildman–Crippen MR) is 83.3 cm³/mol. The molecule has 1 heterocycles. The SMILES string of the molecule is CCN(CC)C(=O)c1ccc(NC(=O)C2CCCN2)cc1. The van der Waals surface area contributed by atoms with Crippen LogP contribution in [-0.4, -0.2) is 42.4 Å². The third-order valence-corrected chi connectivity index (χ3v) is 3.83. The molecule has 1 aliphatic rings. The number of rotatable bonds is 5. The van der Waals surface area contributed by atoms with Crippen molar-refractivity contribution in [1.29, 1.82) is 0 Å². The maximum Gasteiger partial charge on any atom is 0.253 e. The molecule has 2 rings (SSSR count). The van der Waals surface area contributed by atoms with Gasteiger partial charge in [0.15, 0.2) is 0 Å². The summed E-state index contributed by atoms with van der Waals surface area (Å²) in [6.45, 7) is 6.22. The van der Waals surface area contributed by atoms with Crippen LogP contribution >= 0.6 is 0 Å². The van der Waals surface area contributed by atoms with E-state index in [4.69, 9.17) is 0 Å². The van der Waals surface area contributed by atoms with Crippen molar-refractivity contribution in [2.45, 2.75) is 32.7 Å². The lowest BCUT2D eigenvalue weighted by Crippen LogP contribution is -2.35. The van der Waals surface area contributed by atoms with E-state index in [1.54, 1.807) is 29.2 Å². The fraction of sp³-hybridized carbons (Fsp3) is 0.500. The Kier molecular flexibility index (Phi) is 5.33. The van der Waals surface area contributed by atoms with E-state index in [1.165, 1.54) is 0 Å². The van der Waals surface area contributed by atoms with Gasteiger partial charge in [-0.15, -0.1) is 0 Å². The van der Waals surface area contributed by atoms with Crippen LogP contribution in [0.3, 0.4) is 0 Å². The molecule has 1 atom stereocenters. The maximum atomic E-state index is 12.2. The summed E-state index contributed by atoms with van der Waals surface area (Å²) in [6, 6.07) is 6.99. The van der Waals surface area contributed by atoms with Crippen LogP contribution < -0.4 is 10.6 Å². The Morgan fingerprint density at radius 1 is 1.24 bits per heavy atom. The molecule has 21 heavy (non-hydrogen) atoms. The average Bonchev–Trinajstić information content (AvgIpc) is 3.03. The lowest BCUT2D eigenvalue weighted by atomic mass is 10.1. The van der Waals surface area contributed by atoms with Gasteiger partial charge in [-0.1, -0.05) is 0 Å². The second-order valence-corrected chi connectivity index (χ2v) is 5.19. The van der Waals surface area contributed by atoms with Gasteiger partial charge in [0.2, 0.25) is 5.91 Å². The fourth-order valence-electron chi connectivity index (χ4n) is 2.53. The normalized spacial score (nSPS) is 17.5. The second kappa shape index (κ2) is 7.22. The molecule has 0 spiro atoms. The maximum absolute atomic E-state index is 12.2. The molecule has 0 saturated carbocycles. The largest absolute Gasteiger partial charge is 0.339 e. The molecule has 114 valence electrons. The lowest BCUT2D eigenvalue weighted by molar-refractivity contribution is -0.117. The van der Waals surface area contributed by atoms with Gasteiger partial charge in [0.05, 0.1) is 6.04 Å². The summed E-state index contributed by atoms with van der Waals surface area (Å²) in [7, 11) is 0. The van der Waals surface area contributed by atoms with E-state index >= 15 is 0 Å². The number of hydrogen-bond acceptors (Lipinski definition) is 3. The smallest absolute Gasteiger partial charge is 0.253 e. The quantitative estimate of drug-likeness (QED) is 0.870. The highest BCUT2D eigenvalue weighted by atomic mass is 16.2. The zero-order valence-corrected chi connectivity index (χ0v) is 12.7. The standard InChI is InChI=1S/C16H23N3O2/c1-3-19(4-2)16(21)12-7-9-13(10-8-12)18-15(20)14-6-5-11-17-14/h7-10,14,17H,3-6,11H2,1-2H3,(H,18,20). The van der Waals surface area contributed by atoms with Crippen molar-refractivity contribution in [3.63, 3.8) is 0 Å². The third-order valence-electron chi connectivity index (χ3n) is 3.83. The van der Waals surface area contributed by atoms with Crippen LogP contribution in [0.2, 0.25) is 0 Å². The highest BCUT2D eigenvalue weighted by Gasteiger charge is 2.22. The average molecular weight is 289 g/mol. The molecule has 1 fully saturated rings. The van der Waals surface area contributed by atoms with E-state index in [0.29, 0.717) is 18.7 Å². The number of carbonyl (C=O) groups is 2. The topological polar surface area (TPSA) is 61.4 Å². The molecular formula is C16H23N3O2. The number of nitrogens with zero attached hydrogens (tertiary/aromatic N) is 1. The third kappa shape index (κ3) is 3.82. The molecule has 0 bridgehead atoms. The summed E-state index contributed by atoms with van der Waals surface area (Å²) in [4.78, 5) is 25.9. The van der Waals surface area contributed by atoms with E-state index in [1.807, 2.05) is 13.8 Å². The molecule has 0 aromatic heterocycles. The van der Waals surface area contributed by atoms with Gasteiger partial charge in [-0.3, -0.25) is 9.59 Å². The summed E-state index contributed by atoms with van der Waals surface area (Å²) in [6.07, 6.45) is 1.92. The minimum Gasteiger partial charge on any atom is -0.339 e. The van der Waals surface area contributed by atoms with Crippen LogP contribution in [0.5, 0.6) is 0 Å². The van der Waals surface area contributed by atoms with Crippen LogP contribution in [0.15, 0.2) is 24.3 Å². The van der Waals surface area contributed by atoms with Crippen LogP contribution in [0.1, 0.15) is 37.0 Å². The van der Waals surface area contributed by atoms with Gasteiger partial charge in [0.1, 0.15) is 0 Å². The molecule has 1 aromatic rings. The second-order valence-electron chi connectivity index (χ2n) is 5.19. The number of hydrogen-bond donors (Lipinski definition) is 2. The van der Waals surface area contributed by atoms with Crippen molar-refractivity contribution in [2.24, 2.45) is 0 Å². The first kappa shape index (κ1) is 15.5. The zero-order valence-electron chi connectivity index (χ0n) is 12.7. The van der Waals surface area contributed by atoms with Crippen LogP contribution in [0, 0.1) is 0 Å². The molecule has 5 heteroatoms.